The average Bonchev–Trinajstić information content (AvgIpc) is 2.57. The quantitative estimate of drug-likeness (QED) is 0.652. The van der Waals surface area contributed by atoms with E-state index in [1.54, 1.807) is 24.5 Å². The van der Waals surface area contributed by atoms with Crippen molar-refractivity contribution >= 4 is 5.69 Å². The van der Waals surface area contributed by atoms with Crippen molar-refractivity contribution < 1.29 is 4.39 Å². The second-order valence-electron chi connectivity index (χ2n) is 2.64. The van der Waals surface area contributed by atoms with Crippen molar-refractivity contribution in [1.82, 2.24) is 9.97 Å². The number of rotatable bonds is 1. The Kier molecular flexibility index (Phi) is 1.73. The molecule has 0 radical (unpaired) electrons. The minimum atomic E-state index is -0.366. The number of benzene rings is 1. The molecule has 0 spiro atoms. The number of halogens is 1. The molecular weight excluding hydrogens is 169 g/mol. The molecule has 0 bridgehead atoms. The van der Waals surface area contributed by atoms with Crippen molar-refractivity contribution in [1.29, 1.82) is 0 Å². The van der Waals surface area contributed by atoms with Gasteiger partial charge in [-0.15, -0.1) is 0 Å². The fourth-order valence-corrected chi connectivity index (χ4v) is 1.19. The second kappa shape index (κ2) is 2.90. The summed E-state index contributed by atoms with van der Waals surface area (Å²) in [4.78, 5) is 6.74. The number of H-pyrrole nitrogens is 1. The number of anilines is 1. The summed E-state index contributed by atoms with van der Waals surface area (Å²) < 4.78 is 13.3. The highest BCUT2D eigenvalue weighted by atomic mass is 19.1. The lowest BCUT2D eigenvalue weighted by Gasteiger charge is -2.02. The largest absolute Gasteiger partial charge is 0.398 e. The van der Waals surface area contributed by atoms with Crippen LogP contribution in [0.3, 0.4) is 0 Å². The van der Waals surface area contributed by atoms with Crippen LogP contribution in [0.1, 0.15) is 0 Å². The molecule has 1 heterocycles. The van der Waals surface area contributed by atoms with Crippen LogP contribution in [0.25, 0.3) is 11.4 Å². The standard InChI is InChI=1S/C9H8FN3/c10-6-2-1-3-7(11)8(6)9-12-4-5-13-9/h1-5H,11H2,(H,12,13). The Balaban J connectivity index is 2.64. The number of nitrogen functional groups attached to an aromatic ring is 1. The summed E-state index contributed by atoms with van der Waals surface area (Å²) in [5, 5.41) is 0. The van der Waals surface area contributed by atoms with Gasteiger partial charge in [-0.1, -0.05) is 6.07 Å². The molecule has 0 aliphatic carbocycles. The second-order valence-corrected chi connectivity index (χ2v) is 2.64. The normalized spacial score (nSPS) is 10.2. The van der Waals surface area contributed by atoms with Crippen LogP contribution in [0.2, 0.25) is 0 Å². The van der Waals surface area contributed by atoms with Gasteiger partial charge in [-0.3, -0.25) is 0 Å². The molecule has 2 rings (SSSR count). The molecule has 3 nitrogen and oxygen atoms in total. The van der Waals surface area contributed by atoms with E-state index in [0.29, 0.717) is 17.1 Å². The number of aromatic amines is 1. The smallest absolute Gasteiger partial charge is 0.142 e. The molecule has 0 aliphatic rings. The predicted molar refractivity (Wildman–Crippen MR) is 48.4 cm³/mol. The van der Waals surface area contributed by atoms with Gasteiger partial charge in [0, 0.05) is 18.1 Å². The Hall–Kier alpha value is -1.84. The molecule has 0 fully saturated rings. The van der Waals surface area contributed by atoms with Crippen LogP contribution in [0.15, 0.2) is 30.6 Å². The van der Waals surface area contributed by atoms with Crippen LogP contribution in [-0.2, 0) is 0 Å². The van der Waals surface area contributed by atoms with Crippen LogP contribution in [0.4, 0.5) is 10.1 Å². The van der Waals surface area contributed by atoms with Crippen LogP contribution in [0.5, 0.6) is 0 Å². The van der Waals surface area contributed by atoms with Gasteiger partial charge in [0.2, 0.25) is 0 Å². The van der Waals surface area contributed by atoms with Crippen LogP contribution in [0, 0.1) is 5.82 Å². The maximum absolute atomic E-state index is 13.3. The molecule has 0 saturated heterocycles. The fourth-order valence-electron chi connectivity index (χ4n) is 1.19. The van der Waals surface area contributed by atoms with Crippen molar-refractivity contribution in [2.75, 3.05) is 5.73 Å². The fraction of sp³-hybridized carbons (Fsp3) is 0. The predicted octanol–water partition coefficient (Wildman–Crippen LogP) is 1.80. The molecule has 1 aromatic carbocycles. The Morgan fingerprint density at radius 3 is 2.85 bits per heavy atom. The molecule has 0 aliphatic heterocycles. The number of nitrogens with zero attached hydrogens (tertiary/aromatic N) is 1. The molecule has 0 amide bonds. The van der Waals surface area contributed by atoms with Gasteiger partial charge in [0.25, 0.3) is 0 Å². The zero-order valence-electron chi connectivity index (χ0n) is 6.79. The van der Waals surface area contributed by atoms with Crippen molar-refractivity contribution in [3.8, 4) is 11.4 Å². The number of nitrogens with two attached hydrogens (primary N) is 1. The third-order valence-corrected chi connectivity index (χ3v) is 1.78. The number of hydrogen-bond donors (Lipinski definition) is 2. The van der Waals surface area contributed by atoms with Crippen LogP contribution >= 0.6 is 0 Å². The van der Waals surface area contributed by atoms with E-state index in [-0.39, 0.29) is 5.82 Å². The molecule has 0 unspecified atom stereocenters. The van der Waals surface area contributed by atoms with Crippen LogP contribution < -0.4 is 5.73 Å². The van der Waals surface area contributed by atoms with Crippen molar-refractivity contribution in [2.24, 2.45) is 0 Å². The van der Waals surface area contributed by atoms with E-state index in [0.717, 1.165) is 0 Å². The maximum atomic E-state index is 13.3. The first-order chi connectivity index (χ1) is 6.29. The lowest BCUT2D eigenvalue weighted by atomic mass is 10.1. The Morgan fingerprint density at radius 1 is 1.38 bits per heavy atom. The summed E-state index contributed by atoms with van der Waals surface area (Å²) in [7, 11) is 0. The third-order valence-electron chi connectivity index (χ3n) is 1.78. The average molecular weight is 177 g/mol. The van der Waals surface area contributed by atoms with E-state index >= 15 is 0 Å². The van der Waals surface area contributed by atoms with E-state index in [2.05, 4.69) is 9.97 Å². The Morgan fingerprint density at radius 2 is 2.23 bits per heavy atom. The third kappa shape index (κ3) is 1.26. The summed E-state index contributed by atoms with van der Waals surface area (Å²) in [5.41, 5.74) is 6.32. The van der Waals surface area contributed by atoms with Gasteiger partial charge in [-0.05, 0) is 12.1 Å². The van der Waals surface area contributed by atoms with Crippen molar-refractivity contribution in [3.63, 3.8) is 0 Å². The monoisotopic (exact) mass is 177 g/mol. The number of imidazole rings is 1. The first-order valence-electron chi connectivity index (χ1n) is 3.83. The highest BCUT2D eigenvalue weighted by Gasteiger charge is 2.09. The number of aromatic nitrogens is 2. The first kappa shape index (κ1) is 7.79. The molecule has 0 atom stereocenters. The lowest BCUT2D eigenvalue weighted by Crippen LogP contribution is -1.94. The molecule has 0 saturated carbocycles. The molecule has 1 aromatic heterocycles. The Bertz CT molecular complexity index is 389. The van der Waals surface area contributed by atoms with E-state index in [9.17, 15) is 4.39 Å². The van der Waals surface area contributed by atoms with Crippen LogP contribution in [-0.4, -0.2) is 9.97 Å². The molecular formula is C9H8FN3. The minimum Gasteiger partial charge on any atom is -0.398 e. The lowest BCUT2D eigenvalue weighted by molar-refractivity contribution is 0.631. The number of hydrogen-bond acceptors (Lipinski definition) is 2. The minimum absolute atomic E-state index is 0.326. The van der Waals surface area contributed by atoms with Crippen molar-refractivity contribution in [2.45, 2.75) is 0 Å². The Labute approximate surface area is 74.4 Å². The molecule has 13 heavy (non-hydrogen) atoms. The van der Waals surface area contributed by atoms with Gasteiger partial charge in [0.1, 0.15) is 11.6 Å². The molecule has 66 valence electrons. The molecule has 4 heteroatoms. The van der Waals surface area contributed by atoms with Gasteiger partial charge in [0.05, 0.1) is 5.56 Å². The summed E-state index contributed by atoms with van der Waals surface area (Å²) in [5.74, 6) is 0.0885. The van der Waals surface area contributed by atoms with Gasteiger partial charge in [-0.25, -0.2) is 9.37 Å². The first-order valence-corrected chi connectivity index (χ1v) is 3.83. The van der Waals surface area contributed by atoms with Gasteiger partial charge in [-0.2, -0.15) is 0 Å². The zero-order valence-corrected chi connectivity index (χ0v) is 6.79. The summed E-state index contributed by atoms with van der Waals surface area (Å²) in [6.07, 6.45) is 3.18. The van der Waals surface area contributed by atoms with Gasteiger partial charge in [0.15, 0.2) is 0 Å². The summed E-state index contributed by atoms with van der Waals surface area (Å²) >= 11 is 0. The van der Waals surface area contributed by atoms with E-state index in [1.807, 2.05) is 0 Å². The SMILES string of the molecule is Nc1cccc(F)c1-c1ncc[nH]1. The maximum Gasteiger partial charge on any atom is 0.142 e. The highest BCUT2D eigenvalue weighted by molar-refractivity contribution is 5.71. The number of nitrogens with one attached hydrogen (secondary N) is 1. The summed E-state index contributed by atoms with van der Waals surface area (Å²) in [6.45, 7) is 0. The molecule has 3 N–H and O–H groups in total. The topological polar surface area (TPSA) is 54.7 Å². The molecule has 2 aromatic rings. The van der Waals surface area contributed by atoms with Gasteiger partial charge >= 0.3 is 0 Å². The van der Waals surface area contributed by atoms with Gasteiger partial charge < -0.3 is 10.7 Å². The van der Waals surface area contributed by atoms with E-state index in [4.69, 9.17) is 5.73 Å². The van der Waals surface area contributed by atoms with E-state index in [1.165, 1.54) is 6.07 Å². The highest BCUT2D eigenvalue weighted by Crippen LogP contribution is 2.25. The zero-order chi connectivity index (χ0) is 9.26. The summed E-state index contributed by atoms with van der Waals surface area (Å²) in [6, 6.07) is 4.56. The van der Waals surface area contributed by atoms with E-state index < -0.39 is 0 Å². The van der Waals surface area contributed by atoms with Crippen molar-refractivity contribution in [3.05, 3.63) is 36.4 Å².